The van der Waals surface area contributed by atoms with Crippen molar-refractivity contribution < 1.29 is 8.81 Å². The standard InChI is InChI=1S/C15H13FN2O2/c1-9-11(17-8-10-5-3-2-4-6-10)7-12-14(13(9)16)18-15(19)20-12/h2-7,17H,8H2,1H3,(H,18,19). The van der Waals surface area contributed by atoms with Crippen LogP contribution in [0.2, 0.25) is 0 Å². The van der Waals surface area contributed by atoms with E-state index in [9.17, 15) is 9.18 Å². The van der Waals surface area contributed by atoms with Gasteiger partial charge in [0.15, 0.2) is 11.4 Å². The number of H-pyrrole nitrogens is 1. The van der Waals surface area contributed by atoms with Gasteiger partial charge in [-0.3, -0.25) is 4.98 Å². The van der Waals surface area contributed by atoms with Gasteiger partial charge >= 0.3 is 5.76 Å². The van der Waals surface area contributed by atoms with E-state index in [1.54, 1.807) is 13.0 Å². The van der Waals surface area contributed by atoms with Crippen LogP contribution in [0.5, 0.6) is 0 Å². The molecule has 102 valence electrons. The lowest BCUT2D eigenvalue weighted by atomic mass is 10.1. The Morgan fingerprint density at radius 3 is 2.80 bits per heavy atom. The summed E-state index contributed by atoms with van der Waals surface area (Å²) in [5.41, 5.74) is 2.47. The molecular weight excluding hydrogens is 259 g/mol. The maximum absolute atomic E-state index is 14.1. The Morgan fingerprint density at radius 1 is 1.30 bits per heavy atom. The number of rotatable bonds is 3. The average Bonchev–Trinajstić information content (AvgIpc) is 2.83. The van der Waals surface area contributed by atoms with Crippen molar-refractivity contribution in [1.29, 1.82) is 0 Å². The fourth-order valence-corrected chi connectivity index (χ4v) is 2.13. The molecule has 5 heteroatoms. The largest absolute Gasteiger partial charge is 0.417 e. The van der Waals surface area contributed by atoms with Crippen molar-refractivity contribution in [3.63, 3.8) is 0 Å². The molecule has 0 saturated heterocycles. The molecule has 1 aromatic heterocycles. The zero-order valence-corrected chi connectivity index (χ0v) is 10.9. The van der Waals surface area contributed by atoms with Crippen molar-refractivity contribution in [2.75, 3.05) is 5.32 Å². The quantitative estimate of drug-likeness (QED) is 0.770. The van der Waals surface area contributed by atoms with Crippen LogP contribution in [0.15, 0.2) is 45.6 Å². The van der Waals surface area contributed by atoms with E-state index in [2.05, 4.69) is 10.3 Å². The molecule has 2 aromatic carbocycles. The number of fused-ring (bicyclic) bond motifs is 1. The van der Waals surface area contributed by atoms with Gasteiger partial charge in [0.2, 0.25) is 0 Å². The van der Waals surface area contributed by atoms with Crippen LogP contribution in [-0.2, 0) is 6.54 Å². The molecule has 0 radical (unpaired) electrons. The van der Waals surface area contributed by atoms with Gasteiger partial charge in [0, 0.05) is 23.9 Å². The summed E-state index contributed by atoms with van der Waals surface area (Å²) in [6.45, 7) is 2.23. The van der Waals surface area contributed by atoms with E-state index < -0.39 is 11.6 Å². The van der Waals surface area contributed by atoms with Gasteiger partial charge in [0.1, 0.15) is 5.52 Å². The van der Waals surface area contributed by atoms with Crippen molar-refractivity contribution in [3.8, 4) is 0 Å². The van der Waals surface area contributed by atoms with Gasteiger partial charge in [-0.05, 0) is 12.5 Å². The van der Waals surface area contributed by atoms with E-state index in [1.807, 2.05) is 30.3 Å². The third kappa shape index (κ3) is 2.18. The van der Waals surface area contributed by atoms with Crippen LogP contribution in [0.1, 0.15) is 11.1 Å². The Balaban J connectivity index is 1.95. The van der Waals surface area contributed by atoms with E-state index in [0.29, 0.717) is 17.8 Å². The van der Waals surface area contributed by atoms with Gasteiger partial charge in [-0.2, -0.15) is 0 Å². The minimum atomic E-state index is -0.654. The van der Waals surface area contributed by atoms with Crippen molar-refractivity contribution in [2.24, 2.45) is 0 Å². The Hall–Kier alpha value is -2.56. The first kappa shape index (κ1) is 12.5. The molecular formula is C15H13FN2O2. The van der Waals surface area contributed by atoms with Crippen molar-refractivity contribution in [3.05, 3.63) is 63.9 Å². The molecule has 0 saturated carbocycles. The number of hydrogen-bond acceptors (Lipinski definition) is 3. The predicted octanol–water partition coefficient (Wildman–Crippen LogP) is 3.18. The van der Waals surface area contributed by atoms with Gasteiger partial charge in [-0.25, -0.2) is 9.18 Å². The molecule has 20 heavy (non-hydrogen) atoms. The third-order valence-electron chi connectivity index (χ3n) is 3.23. The second-order valence-electron chi connectivity index (χ2n) is 4.59. The molecule has 0 aliphatic heterocycles. The van der Waals surface area contributed by atoms with Gasteiger partial charge in [0.25, 0.3) is 0 Å². The van der Waals surface area contributed by atoms with Crippen LogP contribution in [0.3, 0.4) is 0 Å². The monoisotopic (exact) mass is 272 g/mol. The molecule has 0 bridgehead atoms. The predicted molar refractivity (Wildman–Crippen MR) is 75.3 cm³/mol. The topological polar surface area (TPSA) is 58.0 Å². The molecule has 4 nitrogen and oxygen atoms in total. The third-order valence-corrected chi connectivity index (χ3v) is 3.23. The van der Waals surface area contributed by atoms with Crippen LogP contribution < -0.4 is 11.1 Å². The Labute approximate surface area is 114 Å². The molecule has 0 aliphatic carbocycles. The molecule has 0 amide bonds. The maximum atomic E-state index is 14.1. The number of anilines is 1. The highest BCUT2D eigenvalue weighted by Crippen LogP contribution is 2.26. The van der Waals surface area contributed by atoms with E-state index >= 15 is 0 Å². The number of aromatic amines is 1. The SMILES string of the molecule is Cc1c(NCc2ccccc2)cc2oc(=O)[nH]c2c1F. The van der Waals surface area contributed by atoms with Gasteiger partial charge in [-0.15, -0.1) is 0 Å². The first-order valence-electron chi connectivity index (χ1n) is 6.25. The van der Waals surface area contributed by atoms with Crippen LogP contribution >= 0.6 is 0 Å². The molecule has 0 aliphatic rings. The molecule has 3 aromatic rings. The summed E-state index contributed by atoms with van der Waals surface area (Å²) in [5, 5.41) is 3.16. The van der Waals surface area contributed by atoms with Gasteiger partial charge in [-0.1, -0.05) is 30.3 Å². The molecule has 1 heterocycles. The van der Waals surface area contributed by atoms with Crippen LogP contribution in [0, 0.1) is 12.7 Å². The maximum Gasteiger partial charge on any atom is 0.417 e. The number of benzene rings is 2. The number of aromatic nitrogens is 1. The number of halogens is 1. The minimum Gasteiger partial charge on any atom is -0.408 e. The van der Waals surface area contributed by atoms with Crippen LogP contribution in [-0.4, -0.2) is 4.98 Å². The van der Waals surface area contributed by atoms with Crippen LogP contribution in [0.25, 0.3) is 11.1 Å². The second kappa shape index (κ2) is 4.85. The average molecular weight is 272 g/mol. The van der Waals surface area contributed by atoms with Crippen LogP contribution in [0.4, 0.5) is 10.1 Å². The zero-order valence-electron chi connectivity index (χ0n) is 10.9. The summed E-state index contributed by atoms with van der Waals surface area (Å²) < 4.78 is 19.0. The Bertz CT molecular complexity index is 806. The highest BCUT2D eigenvalue weighted by atomic mass is 19.1. The summed E-state index contributed by atoms with van der Waals surface area (Å²) in [4.78, 5) is 13.5. The number of oxazole rings is 1. The zero-order chi connectivity index (χ0) is 14.1. The molecule has 0 atom stereocenters. The molecule has 3 rings (SSSR count). The lowest BCUT2D eigenvalue weighted by molar-refractivity contribution is 0.555. The van der Waals surface area contributed by atoms with E-state index in [-0.39, 0.29) is 11.1 Å². The van der Waals surface area contributed by atoms with Crippen molar-refractivity contribution >= 4 is 16.8 Å². The number of nitrogens with one attached hydrogen (secondary N) is 2. The molecule has 0 fully saturated rings. The van der Waals surface area contributed by atoms with Crippen molar-refractivity contribution in [2.45, 2.75) is 13.5 Å². The lowest BCUT2D eigenvalue weighted by Gasteiger charge is -2.10. The highest BCUT2D eigenvalue weighted by Gasteiger charge is 2.13. The molecule has 0 spiro atoms. The van der Waals surface area contributed by atoms with E-state index in [0.717, 1.165) is 5.56 Å². The first-order chi connectivity index (χ1) is 9.65. The van der Waals surface area contributed by atoms with Crippen molar-refractivity contribution in [1.82, 2.24) is 4.98 Å². The van der Waals surface area contributed by atoms with E-state index in [1.165, 1.54) is 0 Å². The fourth-order valence-electron chi connectivity index (χ4n) is 2.13. The summed E-state index contributed by atoms with van der Waals surface area (Å²) in [6.07, 6.45) is 0. The second-order valence-corrected chi connectivity index (χ2v) is 4.59. The fraction of sp³-hybridized carbons (Fsp3) is 0.133. The van der Waals surface area contributed by atoms with E-state index in [4.69, 9.17) is 4.42 Å². The van der Waals surface area contributed by atoms with Gasteiger partial charge < -0.3 is 9.73 Å². The Morgan fingerprint density at radius 2 is 2.05 bits per heavy atom. The summed E-state index contributed by atoms with van der Waals surface area (Å²) in [5.74, 6) is -1.12. The highest BCUT2D eigenvalue weighted by molar-refractivity contribution is 5.79. The summed E-state index contributed by atoms with van der Waals surface area (Å²) >= 11 is 0. The Kier molecular flexibility index (Phi) is 3.02. The smallest absolute Gasteiger partial charge is 0.408 e. The minimum absolute atomic E-state index is 0.109. The first-order valence-corrected chi connectivity index (χ1v) is 6.25. The van der Waals surface area contributed by atoms with Gasteiger partial charge in [0.05, 0.1) is 0 Å². The lowest BCUT2D eigenvalue weighted by Crippen LogP contribution is -2.02. The normalized spacial score (nSPS) is 10.9. The summed E-state index contributed by atoms with van der Waals surface area (Å²) in [6, 6.07) is 11.4. The number of hydrogen-bond donors (Lipinski definition) is 2. The molecule has 2 N–H and O–H groups in total. The molecule has 0 unspecified atom stereocenters. The summed E-state index contributed by atoms with van der Waals surface area (Å²) in [7, 11) is 0.